The highest BCUT2D eigenvalue weighted by molar-refractivity contribution is 5.93. The molecule has 10 N–H and O–H groups in total. The topological polar surface area (TPSA) is 222 Å². The zero-order valence-electron chi connectivity index (χ0n) is 23.0. The molecule has 220 valence electrons. The summed E-state index contributed by atoms with van der Waals surface area (Å²) >= 11 is 0. The molecular weight excluding hydrogens is 518 g/mol. The number of carbonyl (C=O) groups is 5. The van der Waals surface area contributed by atoms with E-state index in [0.29, 0.717) is 25.8 Å². The van der Waals surface area contributed by atoms with Crippen molar-refractivity contribution in [1.82, 2.24) is 26.3 Å². The molecular formula is C27H41N7O6. The predicted octanol–water partition coefficient (Wildman–Crippen LogP) is -0.501. The fraction of sp³-hybridized carbons (Fsp3) is 0.519. The van der Waals surface area contributed by atoms with Crippen LogP contribution in [0.3, 0.4) is 0 Å². The molecule has 0 saturated heterocycles. The van der Waals surface area contributed by atoms with Crippen molar-refractivity contribution in [3.05, 3.63) is 36.0 Å². The zero-order valence-corrected chi connectivity index (χ0v) is 23.0. The highest BCUT2D eigenvalue weighted by atomic mass is 16.4. The summed E-state index contributed by atoms with van der Waals surface area (Å²) < 4.78 is 0. The van der Waals surface area contributed by atoms with Gasteiger partial charge in [-0.1, -0.05) is 32.0 Å². The van der Waals surface area contributed by atoms with Crippen LogP contribution in [0.1, 0.15) is 45.1 Å². The molecule has 0 aliphatic heterocycles. The van der Waals surface area contributed by atoms with E-state index in [1.807, 2.05) is 38.1 Å². The molecule has 0 aliphatic rings. The van der Waals surface area contributed by atoms with E-state index in [-0.39, 0.29) is 18.8 Å². The molecule has 2 aromatic rings. The lowest BCUT2D eigenvalue weighted by molar-refractivity contribution is -0.142. The largest absolute Gasteiger partial charge is 0.480 e. The number of carboxylic acid groups (broad SMARTS) is 1. The van der Waals surface area contributed by atoms with Crippen LogP contribution in [0.25, 0.3) is 10.9 Å². The van der Waals surface area contributed by atoms with Crippen molar-refractivity contribution >= 4 is 40.5 Å². The van der Waals surface area contributed by atoms with Crippen molar-refractivity contribution in [2.45, 2.75) is 64.1 Å². The molecule has 0 aliphatic carbocycles. The monoisotopic (exact) mass is 559 g/mol. The van der Waals surface area contributed by atoms with Gasteiger partial charge in [-0.3, -0.25) is 19.2 Å². The Morgan fingerprint density at radius 1 is 0.925 bits per heavy atom. The number of benzene rings is 1. The van der Waals surface area contributed by atoms with Crippen LogP contribution in [-0.4, -0.2) is 77.4 Å². The second-order valence-corrected chi connectivity index (χ2v) is 10.1. The molecule has 2 rings (SSSR count). The lowest BCUT2D eigenvalue weighted by Crippen LogP contribution is -2.54. The minimum Gasteiger partial charge on any atom is -0.480 e. The molecule has 40 heavy (non-hydrogen) atoms. The number of rotatable bonds is 17. The first-order valence-corrected chi connectivity index (χ1v) is 13.4. The van der Waals surface area contributed by atoms with E-state index in [2.05, 4.69) is 26.3 Å². The first kappa shape index (κ1) is 32.2. The molecule has 0 bridgehead atoms. The van der Waals surface area contributed by atoms with Gasteiger partial charge in [-0.2, -0.15) is 0 Å². The van der Waals surface area contributed by atoms with E-state index < -0.39 is 60.8 Å². The third-order valence-electron chi connectivity index (χ3n) is 6.24. The summed E-state index contributed by atoms with van der Waals surface area (Å²) in [5.41, 5.74) is 13.4. The number of para-hydroxylation sites is 1. The molecule has 1 aromatic heterocycles. The van der Waals surface area contributed by atoms with E-state index in [0.717, 1.165) is 16.5 Å². The number of aromatic amines is 1. The average Bonchev–Trinajstić information content (AvgIpc) is 3.31. The van der Waals surface area contributed by atoms with Crippen LogP contribution in [0.2, 0.25) is 0 Å². The number of aliphatic carboxylic acids is 1. The number of amides is 4. The lowest BCUT2D eigenvalue weighted by atomic mass is 10.0. The number of carboxylic acids is 1. The van der Waals surface area contributed by atoms with Crippen molar-refractivity contribution < 1.29 is 29.1 Å². The van der Waals surface area contributed by atoms with Gasteiger partial charge >= 0.3 is 5.97 Å². The SMILES string of the molecule is CC(C)C[C@H](NC(=O)[C@@H](N)Cc1c[nH]c2ccccc12)C(=O)NCC(=O)NCC(=O)N[C@@H](CCCCN)C(=O)O. The zero-order chi connectivity index (χ0) is 29.7. The van der Waals surface area contributed by atoms with Gasteiger partial charge in [0, 0.05) is 17.1 Å². The summed E-state index contributed by atoms with van der Waals surface area (Å²) in [5.74, 6) is -3.50. The Hall–Kier alpha value is -3.97. The molecule has 1 aromatic carbocycles. The van der Waals surface area contributed by atoms with E-state index in [1.165, 1.54) is 0 Å². The van der Waals surface area contributed by atoms with Crippen LogP contribution in [-0.2, 0) is 30.4 Å². The molecule has 0 saturated carbocycles. The number of unbranched alkanes of at least 4 members (excludes halogenated alkanes) is 1. The predicted molar refractivity (Wildman–Crippen MR) is 150 cm³/mol. The molecule has 3 atom stereocenters. The van der Waals surface area contributed by atoms with Gasteiger partial charge in [-0.05, 0) is 56.2 Å². The molecule has 13 nitrogen and oxygen atoms in total. The third kappa shape index (κ3) is 10.7. The van der Waals surface area contributed by atoms with Gasteiger partial charge in [0.1, 0.15) is 12.1 Å². The van der Waals surface area contributed by atoms with Crippen LogP contribution in [0, 0.1) is 5.92 Å². The Kier molecular flexibility index (Phi) is 13.1. The number of hydrogen-bond acceptors (Lipinski definition) is 7. The van der Waals surface area contributed by atoms with Gasteiger partial charge in [0.15, 0.2) is 0 Å². The molecule has 0 unspecified atom stereocenters. The summed E-state index contributed by atoms with van der Waals surface area (Å²) in [4.78, 5) is 64.4. The van der Waals surface area contributed by atoms with Gasteiger partial charge in [-0.25, -0.2) is 4.79 Å². The van der Waals surface area contributed by atoms with Gasteiger partial charge in [0.25, 0.3) is 0 Å². The lowest BCUT2D eigenvalue weighted by Gasteiger charge is -2.22. The van der Waals surface area contributed by atoms with Gasteiger partial charge in [0.2, 0.25) is 23.6 Å². The Morgan fingerprint density at radius 2 is 1.62 bits per heavy atom. The van der Waals surface area contributed by atoms with Gasteiger partial charge in [0.05, 0.1) is 19.1 Å². The molecule has 13 heteroatoms. The summed E-state index contributed by atoms with van der Waals surface area (Å²) in [7, 11) is 0. The van der Waals surface area contributed by atoms with Crippen molar-refractivity contribution in [3.8, 4) is 0 Å². The summed E-state index contributed by atoms with van der Waals surface area (Å²) in [6.07, 6.45) is 3.78. The first-order valence-electron chi connectivity index (χ1n) is 13.4. The Morgan fingerprint density at radius 3 is 2.30 bits per heavy atom. The molecule has 1 heterocycles. The minimum absolute atomic E-state index is 0.0606. The smallest absolute Gasteiger partial charge is 0.326 e. The molecule has 0 spiro atoms. The molecule has 0 fully saturated rings. The maximum absolute atomic E-state index is 12.8. The summed E-state index contributed by atoms with van der Waals surface area (Å²) in [6, 6.07) is 4.76. The second-order valence-electron chi connectivity index (χ2n) is 10.1. The minimum atomic E-state index is -1.18. The fourth-order valence-electron chi connectivity index (χ4n) is 4.14. The Balaban J connectivity index is 1.84. The van der Waals surface area contributed by atoms with Crippen LogP contribution >= 0.6 is 0 Å². The van der Waals surface area contributed by atoms with Crippen molar-refractivity contribution in [2.24, 2.45) is 17.4 Å². The number of nitrogens with one attached hydrogen (secondary N) is 5. The van der Waals surface area contributed by atoms with Crippen LogP contribution < -0.4 is 32.7 Å². The number of hydrogen-bond donors (Lipinski definition) is 8. The Labute approximate surface area is 233 Å². The number of aromatic nitrogens is 1. The Bertz CT molecular complexity index is 1170. The van der Waals surface area contributed by atoms with Gasteiger partial charge < -0.3 is 42.8 Å². The molecule has 0 radical (unpaired) electrons. The quantitative estimate of drug-likeness (QED) is 0.118. The van der Waals surface area contributed by atoms with Crippen molar-refractivity contribution in [1.29, 1.82) is 0 Å². The van der Waals surface area contributed by atoms with Crippen LogP contribution in [0.4, 0.5) is 0 Å². The maximum Gasteiger partial charge on any atom is 0.326 e. The highest BCUT2D eigenvalue weighted by Gasteiger charge is 2.26. The van der Waals surface area contributed by atoms with Crippen molar-refractivity contribution in [3.63, 3.8) is 0 Å². The normalized spacial score (nSPS) is 13.3. The molecule has 4 amide bonds. The first-order chi connectivity index (χ1) is 19.0. The maximum atomic E-state index is 12.8. The van der Waals surface area contributed by atoms with E-state index in [4.69, 9.17) is 11.5 Å². The number of H-pyrrole nitrogens is 1. The van der Waals surface area contributed by atoms with E-state index in [1.54, 1.807) is 6.20 Å². The van der Waals surface area contributed by atoms with Gasteiger partial charge in [-0.15, -0.1) is 0 Å². The number of fused-ring (bicyclic) bond motifs is 1. The highest BCUT2D eigenvalue weighted by Crippen LogP contribution is 2.19. The standard InChI is InChI=1S/C27H41N7O6/c1-16(2)11-22(34-25(37)19(29)12-17-13-30-20-8-4-3-7-18(17)20)26(38)32-14-23(35)31-15-24(36)33-21(27(39)40)9-5-6-10-28/h3-4,7-8,13,16,19,21-22,30H,5-6,9-12,14-15,28-29H2,1-2H3,(H,31,35)(H,32,38)(H,33,36)(H,34,37)(H,39,40)/t19-,21-,22-/m0/s1. The third-order valence-corrected chi connectivity index (χ3v) is 6.24. The number of carbonyl (C=O) groups excluding carboxylic acids is 4. The summed E-state index contributed by atoms with van der Waals surface area (Å²) in [6.45, 7) is 3.32. The van der Waals surface area contributed by atoms with E-state index >= 15 is 0 Å². The fourth-order valence-corrected chi connectivity index (χ4v) is 4.14. The number of nitrogens with two attached hydrogens (primary N) is 2. The summed E-state index contributed by atoms with van der Waals surface area (Å²) in [5, 5.41) is 20.1. The second kappa shape index (κ2) is 16.2. The van der Waals surface area contributed by atoms with Crippen molar-refractivity contribution in [2.75, 3.05) is 19.6 Å². The van der Waals surface area contributed by atoms with E-state index in [9.17, 15) is 29.1 Å². The van der Waals surface area contributed by atoms with Crippen LogP contribution in [0.5, 0.6) is 0 Å². The van der Waals surface area contributed by atoms with Crippen LogP contribution in [0.15, 0.2) is 30.5 Å². The average molecular weight is 560 g/mol.